The van der Waals surface area contributed by atoms with Crippen LogP contribution in [0.25, 0.3) is 0 Å². The molecule has 0 amide bonds. The van der Waals surface area contributed by atoms with Gasteiger partial charge in [0.1, 0.15) is 0 Å². The largest absolute Gasteiger partial charge is 0.122 e. The Balaban J connectivity index is 2.77. The summed E-state index contributed by atoms with van der Waals surface area (Å²) in [5.41, 5.74) is 4.14. The minimum absolute atomic E-state index is 0.602. The zero-order valence-electron chi connectivity index (χ0n) is 8.18. The Hall–Kier alpha value is -0.750. The minimum Gasteiger partial charge on any atom is -0.122 e. The molecule has 0 nitrogen and oxygen atoms in total. The lowest BCUT2D eigenvalue weighted by atomic mass is 10.0. The van der Waals surface area contributed by atoms with Gasteiger partial charge in [-0.15, -0.1) is 11.6 Å². The first-order valence-corrected chi connectivity index (χ1v) is 5.05. The third-order valence-electron chi connectivity index (χ3n) is 2.31. The van der Waals surface area contributed by atoms with Gasteiger partial charge in [0.05, 0.1) is 0 Å². The van der Waals surface area contributed by atoms with Gasteiger partial charge in [-0.2, -0.15) is 0 Å². The van der Waals surface area contributed by atoms with Crippen molar-refractivity contribution >= 4 is 11.6 Å². The summed E-state index contributed by atoms with van der Waals surface area (Å²) in [6.07, 6.45) is 5.10. The van der Waals surface area contributed by atoms with Crippen molar-refractivity contribution in [3.63, 3.8) is 0 Å². The minimum atomic E-state index is 0.602. The lowest BCUT2D eigenvalue weighted by molar-refractivity contribution is 1.18. The van der Waals surface area contributed by atoms with Gasteiger partial charge in [0.2, 0.25) is 0 Å². The highest BCUT2D eigenvalue weighted by Crippen LogP contribution is 2.13. The van der Waals surface area contributed by atoms with Crippen molar-refractivity contribution in [1.82, 2.24) is 0 Å². The molecule has 0 spiro atoms. The molecule has 0 radical (unpaired) electrons. The second-order valence-corrected chi connectivity index (χ2v) is 3.50. The van der Waals surface area contributed by atoms with Crippen LogP contribution in [0.5, 0.6) is 0 Å². The standard InChI is InChI=1S/C12H15Cl/c1-10-6-5-8-12(11(10)2)7-3-4-9-13/h3-6,8H,7,9H2,1-2H3/b4-3+. The number of rotatable bonds is 3. The van der Waals surface area contributed by atoms with Crippen LogP contribution in [-0.2, 0) is 6.42 Å². The van der Waals surface area contributed by atoms with Crippen molar-refractivity contribution in [1.29, 1.82) is 0 Å². The van der Waals surface area contributed by atoms with Crippen LogP contribution < -0.4 is 0 Å². The Kier molecular flexibility index (Phi) is 4.04. The molecule has 0 fully saturated rings. The van der Waals surface area contributed by atoms with Gasteiger partial charge in [-0.05, 0) is 37.0 Å². The molecule has 70 valence electrons. The molecule has 0 N–H and O–H groups in total. The average molecular weight is 195 g/mol. The highest BCUT2D eigenvalue weighted by molar-refractivity contribution is 6.18. The molecule has 1 rings (SSSR count). The number of allylic oxidation sites excluding steroid dienone is 2. The molecule has 0 bridgehead atoms. The van der Waals surface area contributed by atoms with Crippen LogP contribution >= 0.6 is 11.6 Å². The molecule has 0 saturated carbocycles. The molecule has 0 aromatic heterocycles. The topological polar surface area (TPSA) is 0 Å². The van der Waals surface area contributed by atoms with Gasteiger partial charge < -0.3 is 0 Å². The Bertz CT molecular complexity index is 300. The predicted octanol–water partition coefficient (Wildman–Crippen LogP) is 3.64. The fourth-order valence-electron chi connectivity index (χ4n) is 1.31. The molecule has 1 aromatic rings. The highest BCUT2D eigenvalue weighted by atomic mass is 35.5. The Morgan fingerprint density at radius 3 is 2.69 bits per heavy atom. The summed E-state index contributed by atoms with van der Waals surface area (Å²) in [5.74, 6) is 0.602. The molecule has 1 heteroatoms. The maximum atomic E-state index is 5.55. The fraction of sp³-hybridized carbons (Fsp3) is 0.333. The van der Waals surface area contributed by atoms with E-state index in [0.29, 0.717) is 5.88 Å². The van der Waals surface area contributed by atoms with Gasteiger partial charge in [0.15, 0.2) is 0 Å². The molecule has 13 heavy (non-hydrogen) atoms. The van der Waals surface area contributed by atoms with E-state index in [0.717, 1.165) is 6.42 Å². The molecular weight excluding hydrogens is 180 g/mol. The molecule has 0 unspecified atom stereocenters. The normalized spacial score (nSPS) is 11.0. The highest BCUT2D eigenvalue weighted by Gasteiger charge is 1.97. The van der Waals surface area contributed by atoms with Crippen molar-refractivity contribution in [2.24, 2.45) is 0 Å². The van der Waals surface area contributed by atoms with E-state index in [-0.39, 0.29) is 0 Å². The summed E-state index contributed by atoms with van der Waals surface area (Å²) in [5, 5.41) is 0. The van der Waals surface area contributed by atoms with E-state index in [9.17, 15) is 0 Å². The SMILES string of the molecule is Cc1cccc(C/C=C/CCl)c1C. The van der Waals surface area contributed by atoms with Gasteiger partial charge in [0, 0.05) is 5.88 Å². The average Bonchev–Trinajstić information content (AvgIpc) is 2.13. The number of benzene rings is 1. The predicted molar refractivity (Wildman–Crippen MR) is 59.5 cm³/mol. The number of aryl methyl sites for hydroxylation is 1. The Morgan fingerprint density at radius 1 is 1.23 bits per heavy atom. The molecule has 0 atom stereocenters. The van der Waals surface area contributed by atoms with Crippen LogP contribution in [0.4, 0.5) is 0 Å². The van der Waals surface area contributed by atoms with Gasteiger partial charge in [-0.25, -0.2) is 0 Å². The summed E-state index contributed by atoms with van der Waals surface area (Å²) in [6, 6.07) is 6.41. The second-order valence-electron chi connectivity index (χ2n) is 3.19. The van der Waals surface area contributed by atoms with Crippen LogP contribution in [0.15, 0.2) is 30.4 Å². The third kappa shape index (κ3) is 2.89. The van der Waals surface area contributed by atoms with Crippen molar-refractivity contribution in [2.45, 2.75) is 20.3 Å². The monoisotopic (exact) mass is 194 g/mol. The molecular formula is C12H15Cl. The molecule has 0 aliphatic heterocycles. The van der Waals surface area contributed by atoms with Gasteiger partial charge in [0.25, 0.3) is 0 Å². The lowest BCUT2D eigenvalue weighted by Gasteiger charge is -2.05. The van der Waals surface area contributed by atoms with Crippen LogP contribution in [0.1, 0.15) is 16.7 Å². The maximum Gasteiger partial charge on any atom is 0.0404 e. The van der Waals surface area contributed by atoms with Gasteiger partial charge >= 0.3 is 0 Å². The molecule has 1 aromatic carbocycles. The molecule has 0 saturated heterocycles. The van der Waals surface area contributed by atoms with Gasteiger partial charge in [-0.1, -0.05) is 30.4 Å². The Labute approximate surface area is 85.2 Å². The van der Waals surface area contributed by atoms with Crippen molar-refractivity contribution < 1.29 is 0 Å². The first-order valence-electron chi connectivity index (χ1n) is 4.51. The number of hydrogen-bond donors (Lipinski definition) is 0. The quantitative estimate of drug-likeness (QED) is 0.509. The first kappa shape index (κ1) is 10.3. The van der Waals surface area contributed by atoms with E-state index in [4.69, 9.17) is 11.6 Å². The van der Waals surface area contributed by atoms with Crippen molar-refractivity contribution in [3.8, 4) is 0 Å². The smallest absolute Gasteiger partial charge is 0.0404 e. The van der Waals surface area contributed by atoms with Crippen molar-refractivity contribution in [2.75, 3.05) is 5.88 Å². The van der Waals surface area contributed by atoms with Gasteiger partial charge in [-0.3, -0.25) is 0 Å². The summed E-state index contributed by atoms with van der Waals surface area (Å²) < 4.78 is 0. The van der Waals surface area contributed by atoms with Crippen LogP contribution in [-0.4, -0.2) is 5.88 Å². The van der Waals surface area contributed by atoms with E-state index in [1.807, 2.05) is 6.08 Å². The number of alkyl halides is 1. The van der Waals surface area contributed by atoms with Crippen LogP contribution in [0.3, 0.4) is 0 Å². The zero-order chi connectivity index (χ0) is 9.68. The Morgan fingerprint density at radius 2 is 2.00 bits per heavy atom. The van der Waals surface area contributed by atoms with Crippen LogP contribution in [0.2, 0.25) is 0 Å². The van der Waals surface area contributed by atoms with Crippen molar-refractivity contribution in [3.05, 3.63) is 47.0 Å². The van der Waals surface area contributed by atoms with E-state index < -0.39 is 0 Å². The number of hydrogen-bond acceptors (Lipinski definition) is 0. The number of halogens is 1. The van der Waals surface area contributed by atoms with E-state index >= 15 is 0 Å². The summed E-state index contributed by atoms with van der Waals surface area (Å²) in [6.45, 7) is 4.31. The van der Waals surface area contributed by atoms with E-state index in [1.165, 1.54) is 16.7 Å². The first-order chi connectivity index (χ1) is 6.25. The van der Waals surface area contributed by atoms with E-state index in [2.05, 4.69) is 38.1 Å². The molecule has 0 aliphatic rings. The fourth-order valence-corrected chi connectivity index (χ4v) is 1.43. The molecule has 0 heterocycles. The van der Waals surface area contributed by atoms with Crippen LogP contribution in [0, 0.1) is 13.8 Å². The molecule has 0 aliphatic carbocycles. The second kappa shape index (κ2) is 5.08. The zero-order valence-corrected chi connectivity index (χ0v) is 8.93. The lowest BCUT2D eigenvalue weighted by Crippen LogP contribution is -1.89. The maximum absolute atomic E-state index is 5.55. The third-order valence-corrected chi connectivity index (χ3v) is 2.49. The van der Waals surface area contributed by atoms with E-state index in [1.54, 1.807) is 0 Å². The summed E-state index contributed by atoms with van der Waals surface area (Å²) in [7, 11) is 0. The summed E-state index contributed by atoms with van der Waals surface area (Å²) >= 11 is 5.55. The summed E-state index contributed by atoms with van der Waals surface area (Å²) in [4.78, 5) is 0.